The quantitative estimate of drug-likeness (QED) is 0.211. The Hall–Kier alpha value is -2.90. The zero-order valence-corrected chi connectivity index (χ0v) is 23.0. The third-order valence-corrected chi connectivity index (χ3v) is 6.72. The molecule has 5 nitrogen and oxygen atoms in total. The number of methoxy groups -OCH3 is 1. The number of benzene rings is 1. The van der Waals surface area contributed by atoms with Crippen molar-refractivity contribution < 1.29 is 18.3 Å². The van der Waals surface area contributed by atoms with E-state index < -0.39 is 11.6 Å². The molecule has 0 amide bonds. The molecule has 2 rings (SSSR count). The van der Waals surface area contributed by atoms with E-state index in [2.05, 4.69) is 34.8 Å². The number of ether oxygens (including phenoxy) is 1. The van der Waals surface area contributed by atoms with Gasteiger partial charge >= 0.3 is 0 Å². The fraction of sp³-hybridized carbons (Fsp3) is 0.467. The zero-order valence-electron chi connectivity index (χ0n) is 23.0. The fourth-order valence-corrected chi connectivity index (χ4v) is 4.58. The minimum atomic E-state index is -0.624. The van der Waals surface area contributed by atoms with Crippen LogP contribution in [0, 0.1) is 11.6 Å². The number of ketones is 1. The molecular formula is C30H41F2N3O2. The van der Waals surface area contributed by atoms with Crippen LogP contribution < -0.4 is 5.32 Å². The molecule has 7 heteroatoms. The number of piperidine rings is 1. The van der Waals surface area contributed by atoms with Gasteiger partial charge in [-0.25, -0.2) is 8.78 Å². The maximum atomic E-state index is 14.6. The molecule has 202 valence electrons. The lowest BCUT2D eigenvalue weighted by atomic mass is 9.87. The second kappa shape index (κ2) is 14.7. The number of carbonyl (C=O) groups excluding carboxylic acids is 1. The number of Topliss-reactive ketones (excluding diaryl/α,β-unsaturated/α-hetero) is 1. The lowest BCUT2D eigenvalue weighted by molar-refractivity contribution is 0.101. The van der Waals surface area contributed by atoms with Gasteiger partial charge in [0.2, 0.25) is 0 Å². The third-order valence-electron chi connectivity index (χ3n) is 6.72. The largest absolute Gasteiger partial charge is 0.391 e. The van der Waals surface area contributed by atoms with Gasteiger partial charge in [0.15, 0.2) is 5.78 Å². The minimum Gasteiger partial charge on any atom is -0.391 e. The first-order valence-electron chi connectivity index (χ1n) is 12.7. The van der Waals surface area contributed by atoms with E-state index >= 15 is 0 Å². The van der Waals surface area contributed by atoms with Crippen molar-refractivity contribution in [3.63, 3.8) is 0 Å². The van der Waals surface area contributed by atoms with E-state index in [9.17, 15) is 13.6 Å². The van der Waals surface area contributed by atoms with Gasteiger partial charge in [-0.3, -0.25) is 14.7 Å². The summed E-state index contributed by atoms with van der Waals surface area (Å²) in [7, 11) is 5.31. The van der Waals surface area contributed by atoms with Gasteiger partial charge in [-0.2, -0.15) is 0 Å². The van der Waals surface area contributed by atoms with Crippen molar-refractivity contribution in [2.75, 3.05) is 40.8 Å². The number of carbonyl (C=O) groups is 1. The van der Waals surface area contributed by atoms with Crippen molar-refractivity contribution in [2.24, 2.45) is 4.99 Å². The SMILES string of the molecule is C=C(/C=C(\C)CN1CCC(c2c(F)cc(C(C)=O)cc2F)CC1)/C(=C\C=NC)C/C(=C\C(C)OC)NC. The second-order valence-electron chi connectivity index (χ2n) is 9.63. The molecule has 0 saturated carbocycles. The summed E-state index contributed by atoms with van der Waals surface area (Å²) in [4.78, 5) is 17.9. The number of rotatable bonds is 12. The van der Waals surface area contributed by atoms with Crippen LogP contribution in [0.15, 0.2) is 64.3 Å². The smallest absolute Gasteiger partial charge is 0.160 e. The molecule has 1 heterocycles. The molecular weight excluding hydrogens is 472 g/mol. The lowest BCUT2D eigenvalue weighted by Crippen LogP contribution is -2.34. The average Bonchev–Trinajstić information content (AvgIpc) is 2.85. The normalized spacial score (nSPS) is 17.4. The molecule has 1 fully saturated rings. The number of hydrogen-bond acceptors (Lipinski definition) is 5. The first-order valence-corrected chi connectivity index (χ1v) is 12.7. The van der Waals surface area contributed by atoms with E-state index in [-0.39, 0.29) is 28.9 Å². The summed E-state index contributed by atoms with van der Waals surface area (Å²) in [5.41, 5.74) is 4.33. The predicted octanol–water partition coefficient (Wildman–Crippen LogP) is 6.00. The molecule has 0 aromatic heterocycles. The molecule has 1 atom stereocenters. The number of aliphatic imine (C=N–C) groups is 1. The highest BCUT2D eigenvalue weighted by Crippen LogP contribution is 2.33. The predicted molar refractivity (Wildman–Crippen MR) is 148 cm³/mol. The Labute approximate surface area is 220 Å². The third kappa shape index (κ3) is 9.17. The number of nitrogens with one attached hydrogen (secondary N) is 1. The molecule has 37 heavy (non-hydrogen) atoms. The molecule has 0 aliphatic carbocycles. The average molecular weight is 514 g/mol. The van der Waals surface area contributed by atoms with E-state index in [1.165, 1.54) is 6.92 Å². The van der Waals surface area contributed by atoms with Gasteiger partial charge < -0.3 is 10.1 Å². The summed E-state index contributed by atoms with van der Waals surface area (Å²) in [6.07, 6.45) is 9.86. The van der Waals surface area contributed by atoms with Gasteiger partial charge in [0, 0.05) is 57.2 Å². The van der Waals surface area contributed by atoms with E-state index in [0.717, 1.165) is 54.2 Å². The summed E-state index contributed by atoms with van der Waals surface area (Å²) in [5.74, 6) is -1.78. The number of likely N-dealkylation sites (tertiary alicyclic amines) is 1. The van der Waals surface area contributed by atoms with Crippen molar-refractivity contribution in [3.05, 3.63) is 82.1 Å². The zero-order chi connectivity index (χ0) is 27.5. The van der Waals surface area contributed by atoms with Gasteiger partial charge in [0.25, 0.3) is 0 Å². The summed E-state index contributed by atoms with van der Waals surface area (Å²) < 4.78 is 34.6. The highest BCUT2D eigenvalue weighted by atomic mass is 19.1. The molecule has 1 aliphatic rings. The Kier molecular flexibility index (Phi) is 12.1. The molecule has 1 N–H and O–H groups in total. The van der Waals surface area contributed by atoms with Crippen molar-refractivity contribution in [1.29, 1.82) is 0 Å². The summed E-state index contributed by atoms with van der Waals surface area (Å²) >= 11 is 0. The van der Waals surface area contributed by atoms with Gasteiger partial charge in [-0.1, -0.05) is 18.2 Å². The maximum Gasteiger partial charge on any atom is 0.160 e. The Balaban J connectivity index is 2.05. The van der Waals surface area contributed by atoms with Crippen LogP contribution >= 0.6 is 0 Å². The van der Waals surface area contributed by atoms with E-state index in [1.54, 1.807) is 20.4 Å². The number of hydrogen-bond donors (Lipinski definition) is 1. The molecule has 1 saturated heterocycles. The first kappa shape index (κ1) is 30.3. The van der Waals surface area contributed by atoms with Crippen LogP contribution in [-0.4, -0.2) is 63.8 Å². The highest BCUT2D eigenvalue weighted by molar-refractivity contribution is 5.94. The van der Waals surface area contributed by atoms with Gasteiger partial charge in [-0.05, 0) is 88.1 Å². The van der Waals surface area contributed by atoms with E-state index in [4.69, 9.17) is 4.74 Å². The highest BCUT2D eigenvalue weighted by Gasteiger charge is 2.26. The van der Waals surface area contributed by atoms with Crippen LogP contribution in [0.1, 0.15) is 61.9 Å². The topological polar surface area (TPSA) is 53.9 Å². The molecule has 0 bridgehead atoms. The Morgan fingerprint density at radius 3 is 2.41 bits per heavy atom. The van der Waals surface area contributed by atoms with E-state index in [1.807, 2.05) is 26.1 Å². The van der Waals surface area contributed by atoms with Crippen LogP contribution in [0.3, 0.4) is 0 Å². The van der Waals surface area contributed by atoms with Crippen LogP contribution in [-0.2, 0) is 4.74 Å². The van der Waals surface area contributed by atoms with Gasteiger partial charge in [-0.15, -0.1) is 0 Å². The van der Waals surface area contributed by atoms with Crippen LogP contribution in [0.25, 0.3) is 0 Å². The van der Waals surface area contributed by atoms with Crippen molar-refractivity contribution in [2.45, 2.75) is 52.1 Å². The van der Waals surface area contributed by atoms with Gasteiger partial charge in [0.1, 0.15) is 11.6 Å². The molecule has 1 aromatic carbocycles. The summed E-state index contributed by atoms with van der Waals surface area (Å²) in [5, 5.41) is 3.24. The first-order chi connectivity index (χ1) is 17.6. The second-order valence-corrected chi connectivity index (χ2v) is 9.63. The summed E-state index contributed by atoms with van der Waals surface area (Å²) in [6, 6.07) is 2.31. The minimum absolute atomic E-state index is 0.00830. The fourth-order valence-electron chi connectivity index (χ4n) is 4.58. The van der Waals surface area contributed by atoms with E-state index in [0.29, 0.717) is 19.3 Å². The molecule has 1 unspecified atom stereocenters. The Bertz CT molecular complexity index is 1060. The summed E-state index contributed by atoms with van der Waals surface area (Å²) in [6.45, 7) is 11.9. The molecule has 1 aliphatic heterocycles. The lowest BCUT2D eigenvalue weighted by Gasteiger charge is -2.32. The monoisotopic (exact) mass is 513 g/mol. The number of halogens is 2. The molecule has 1 aromatic rings. The van der Waals surface area contributed by atoms with Crippen molar-refractivity contribution in [1.82, 2.24) is 10.2 Å². The number of allylic oxidation sites excluding steroid dienone is 4. The molecule has 0 radical (unpaired) electrons. The van der Waals surface area contributed by atoms with Crippen LogP contribution in [0.4, 0.5) is 8.78 Å². The Morgan fingerprint density at radius 1 is 1.27 bits per heavy atom. The molecule has 0 spiro atoms. The van der Waals surface area contributed by atoms with Gasteiger partial charge in [0.05, 0.1) is 6.10 Å². The van der Waals surface area contributed by atoms with Crippen LogP contribution in [0.2, 0.25) is 0 Å². The standard InChI is InChI=1S/C30H41F2N3O2/c1-20(14-21(2)25(8-11-33-5)16-27(34-6)15-22(3)37-7)19-35-12-9-24(10-13-35)30-28(31)17-26(23(4)36)18-29(30)32/h8,11,14-15,17-18,22,24,34H,2,9-10,12-13,16,19H2,1,3-7H3/b20-14+,25-8-,27-15+,33-11?. The maximum absolute atomic E-state index is 14.6. The van der Waals surface area contributed by atoms with Crippen LogP contribution in [0.5, 0.6) is 0 Å². The van der Waals surface area contributed by atoms with Crippen molar-refractivity contribution >= 4 is 12.0 Å². The van der Waals surface area contributed by atoms with Crippen molar-refractivity contribution in [3.8, 4) is 0 Å². The Morgan fingerprint density at radius 2 is 1.89 bits per heavy atom. The number of nitrogens with zero attached hydrogens (tertiary/aromatic N) is 2.